The molecule has 0 aromatic heterocycles. The normalized spacial score (nSPS) is 20.1. The van der Waals surface area contributed by atoms with E-state index in [0.717, 1.165) is 25.3 Å². The van der Waals surface area contributed by atoms with Crippen molar-refractivity contribution in [2.45, 2.75) is 19.4 Å². The number of anilines is 1. The van der Waals surface area contributed by atoms with Crippen LogP contribution in [0.2, 0.25) is 5.02 Å². The number of halogens is 1. The van der Waals surface area contributed by atoms with Gasteiger partial charge in [0.15, 0.2) is 11.5 Å². The number of methoxy groups -OCH3 is 2. The summed E-state index contributed by atoms with van der Waals surface area (Å²) in [4.78, 5) is 0. The van der Waals surface area contributed by atoms with Gasteiger partial charge in [0.05, 0.1) is 31.5 Å². The fraction of sp³-hybridized carbons (Fsp3) is 0.571. The van der Waals surface area contributed by atoms with Crippen molar-refractivity contribution in [3.05, 3.63) is 17.2 Å². The van der Waals surface area contributed by atoms with Gasteiger partial charge in [-0.3, -0.25) is 0 Å². The first-order valence-corrected chi connectivity index (χ1v) is 6.79. The number of hydrogen-bond donors (Lipinski definition) is 1. The first-order chi connectivity index (χ1) is 9.15. The first kappa shape index (κ1) is 14.3. The van der Waals surface area contributed by atoms with Crippen LogP contribution in [0, 0.1) is 5.92 Å². The van der Waals surface area contributed by atoms with Gasteiger partial charge in [0.1, 0.15) is 0 Å². The average Bonchev–Trinajstić information content (AvgIpc) is 2.94. The van der Waals surface area contributed by atoms with Crippen molar-refractivity contribution in [2.24, 2.45) is 5.92 Å². The molecule has 0 bridgehead atoms. The lowest BCUT2D eigenvalue weighted by Gasteiger charge is -2.22. The summed E-state index contributed by atoms with van der Waals surface area (Å²) < 4.78 is 15.9. The summed E-state index contributed by atoms with van der Waals surface area (Å²) in [5.74, 6) is 1.82. The zero-order valence-corrected chi connectivity index (χ0v) is 12.3. The second-order valence-corrected chi connectivity index (χ2v) is 5.15. The smallest absolute Gasteiger partial charge is 0.162 e. The van der Waals surface area contributed by atoms with Gasteiger partial charge in [-0.2, -0.15) is 0 Å². The van der Waals surface area contributed by atoms with Gasteiger partial charge < -0.3 is 19.5 Å². The Balaban J connectivity index is 2.14. The molecule has 1 heterocycles. The molecule has 1 fully saturated rings. The Morgan fingerprint density at radius 2 is 2.00 bits per heavy atom. The highest BCUT2D eigenvalue weighted by Crippen LogP contribution is 2.36. The average molecular weight is 286 g/mol. The van der Waals surface area contributed by atoms with Crippen molar-refractivity contribution in [1.82, 2.24) is 0 Å². The van der Waals surface area contributed by atoms with Crippen LogP contribution < -0.4 is 14.8 Å². The summed E-state index contributed by atoms with van der Waals surface area (Å²) in [6.07, 6.45) is 1.08. The molecule has 2 rings (SSSR count). The minimum Gasteiger partial charge on any atom is -0.493 e. The molecule has 0 radical (unpaired) electrons. The number of nitrogens with one attached hydrogen (secondary N) is 1. The maximum absolute atomic E-state index is 6.26. The molecule has 0 spiro atoms. The Hall–Kier alpha value is -1.13. The molecule has 106 valence electrons. The molecule has 1 aliphatic heterocycles. The molecule has 0 amide bonds. The highest BCUT2D eigenvalue weighted by atomic mass is 35.5. The molecular weight excluding hydrogens is 266 g/mol. The number of rotatable bonds is 5. The summed E-state index contributed by atoms with van der Waals surface area (Å²) >= 11 is 6.26. The van der Waals surface area contributed by atoms with Gasteiger partial charge in [-0.25, -0.2) is 0 Å². The van der Waals surface area contributed by atoms with Gasteiger partial charge in [-0.05, 0) is 13.3 Å². The Labute approximate surface area is 119 Å². The van der Waals surface area contributed by atoms with Crippen molar-refractivity contribution in [1.29, 1.82) is 0 Å². The van der Waals surface area contributed by atoms with Crippen molar-refractivity contribution in [2.75, 3.05) is 32.8 Å². The number of hydrogen-bond acceptors (Lipinski definition) is 4. The third-order valence-corrected chi connectivity index (χ3v) is 3.84. The van der Waals surface area contributed by atoms with Crippen molar-refractivity contribution >= 4 is 17.3 Å². The van der Waals surface area contributed by atoms with E-state index < -0.39 is 0 Å². The zero-order valence-electron chi connectivity index (χ0n) is 11.5. The van der Waals surface area contributed by atoms with Crippen LogP contribution in [-0.2, 0) is 4.74 Å². The maximum atomic E-state index is 6.26. The fourth-order valence-electron chi connectivity index (χ4n) is 2.28. The molecule has 0 saturated carbocycles. The number of benzene rings is 1. The van der Waals surface area contributed by atoms with Crippen LogP contribution in [0.5, 0.6) is 11.5 Å². The Morgan fingerprint density at radius 1 is 1.32 bits per heavy atom. The van der Waals surface area contributed by atoms with Crippen LogP contribution in [-0.4, -0.2) is 33.5 Å². The van der Waals surface area contributed by atoms with Crippen LogP contribution in [0.4, 0.5) is 5.69 Å². The molecule has 1 saturated heterocycles. The van der Waals surface area contributed by atoms with Gasteiger partial charge in [0.25, 0.3) is 0 Å². The lowest BCUT2D eigenvalue weighted by atomic mass is 10.0. The molecule has 4 nitrogen and oxygen atoms in total. The molecule has 1 aromatic rings. The van der Waals surface area contributed by atoms with Crippen LogP contribution >= 0.6 is 11.6 Å². The minimum absolute atomic E-state index is 0.304. The van der Waals surface area contributed by atoms with E-state index in [2.05, 4.69) is 12.2 Å². The topological polar surface area (TPSA) is 39.7 Å². The molecular formula is C14H20ClNO3. The van der Waals surface area contributed by atoms with E-state index in [0.29, 0.717) is 28.5 Å². The monoisotopic (exact) mass is 285 g/mol. The summed E-state index contributed by atoms with van der Waals surface area (Å²) in [5.41, 5.74) is 0.860. The van der Waals surface area contributed by atoms with E-state index in [4.69, 9.17) is 25.8 Å². The predicted molar refractivity (Wildman–Crippen MR) is 76.6 cm³/mol. The summed E-state index contributed by atoms with van der Waals surface area (Å²) in [6.45, 7) is 3.79. The first-order valence-electron chi connectivity index (χ1n) is 6.41. The van der Waals surface area contributed by atoms with Gasteiger partial charge in [0, 0.05) is 30.7 Å². The minimum atomic E-state index is 0.304. The molecule has 1 aliphatic rings. The standard InChI is InChI=1S/C14H20ClNO3/c1-9(10-4-5-19-8-10)16-12-7-14(18-3)13(17-2)6-11(12)15/h6-7,9-10,16H,4-5,8H2,1-3H3. The molecule has 19 heavy (non-hydrogen) atoms. The molecule has 1 N–H and O–H groups in total. The van der Waals surface area contributed by atoms with Crippen molar-refractivity contribution in [3.63, 3.8) is 0 Å². The van der Waals surface area contributed by atoms with Gasteiger partial charge >= 0.3 is 0 Å². The van der Waals surface area contributed by atoms with E-state index in [-0.39, 0.29) is 0 Å². The summed E-state index contributed by atoms with van der Waals surface area (Å²) in [6, 6.07) is 3.94. The largest absolute Gasteiger partial charge is 0.493 e. The molecule has 2 unspecified atom stereocenters. The molecule has 1 aromatic carbocycles. The van der Waals surface area contributed by atoms with E-state index >= 15 is 0 Å². The van der Waals surface area contributed by atoms with E-state index in [1.54, 1.807) is 20.3 Å². The van der Waals surface area contributed by atoms with E-state index in [1.165, 1.54) is 0 Å². The van der Waals surface area contributed by atoms with Gasteiger partial charge in [0.2, 0.25) is 0 Å². The second-order valence-electron chi connectivity index (χ2n) is 4.74. The van der Waals surface area contributed by atoms with E-state index in [1.807, 2.05) is 6.07 Å². The van der Waals surface area contributed by atoms with Crippen LogP contribution in [0.1, 0.15) is 13.3 Å². The summed E-state index contributed by atoms with van der Waals surface area (Å²) in [5, 5.41) is 4.06. The van der Waals surface area contributed by atoms with Crippen molar-refractivity contribution < 1.29 is 14.2 Å². The molecule has 5 heteroatoms. The third kappa shape index (κ3) is 3.25. The second kappa shape index (κ2) is 6.35. The predicted octanol–water partition coefficient (Wildman–Crippen LogP) is 3.19. The van der Waals surface area contributed by atoms with Crippen molar-refractivity contribution in [3.8, 4) is 11.5 Å². The fourth-order valence-corrected chi connectivity index (χ4v) is 2.48. The lowest BCUT2D eigenvalue weighted by Crippen LogP contribution is -2.26. The highest BCUT2D eigenvalue weighted by Gasteiger charge is 2.23. The van der Waals surface area contributed by atoms with Crippen LogP contribution in [0.15, 0.2) is 12.1 Å². The van der Waals surface area contributed by atoms with E-state index in [9.17, 15) is 0 Å². The third-order valence-electron chi connectivity index (χ3n) is 3.53. The highest BCUT2D eigenvalue weighted by molar-refractivity contribution is 6.33. The van der Waals surface area contributed by atoms with Gasteiger partial charge in [-0.1, -0.05) is 11.6 Å². The maximum Gasteiger partial charge on any atom is 0.162 e. The summed E-state index contributed by atoms with van der Waals surface area (Å²) in [7, 11) is 3.21. The number of ether oxygens (including phenoxy) is 3. The lowest BCUT2D eigenvalue weighted by molar-refractivity contribution is 0.183. The molecule has 2 atom stereocenters. The Bertz CT molecular complexity index is 433. The quantitative estimate of drug-likeness (QED) is 0.902. The zero-order chi connectivity index (χ0) is 13.8. The Kier molecular flexibility index (Phi) is 4.77. The van der Waals surface area contributed by atoms with Gasteiger partial charge in [-0.15, -0.1) is 0 Å². The SMILES string of the molecule is COc1cc(Cl)c(NC(C)C2CCOC2)cc1OC. The van der Waals surface area contributed by atoms with Crippen LogP contribution in [0.25, 0.3) is 0 Å². The molecule has 0 aliphatic carbocycles. The van der Waals surface area contributed by atoms with Crippen LogP contribution in [0.3, 0.4) is 0 Å². The Morgan fingerprint density at radius 3 is 2.58 bits per heavy atom.